The third kappa shape index (κ3) is 5.64. The fourth-order valence-corrected chi connectivity index (χ4v) is 4.83. The number of aromatic nitrogens is 2. The summed E-state index contributed by atoms with van der Waals surface area (Å²) in [6.45, 7) is 6.01. The number of nitriles is 1. The van der Waals surface area contributed by atoms with Gasteiger partial charge in [0.2, 0.25) is 0 Å². The lowest BCUT2D eigenvalue weighted by Crippen LogP contribution is -2.43. The van der Waals surface area contributed by atoms with E-state index in [0.717, 1.165) is 69.0 Å². The summed E-state index contributed by atoms with van der Waals surface area (Å²) in [7, 11) is 1.82. The summed E-state index contributed by atoms with van der Waals surface area (Å²) < 4.78 is 5.66. The van der Waals surface area contributed by atoms with Crippen LogP contribution in [-0.4, -0.2) is 41.7 Å². The fourth-order valence-electron chi connectivity index (χ4n) is 4.83. The Hall–Kier alpha value is -2.94. The van der Waals surface area contributed by atoms with Crippen molar-refractivity contribution in [3.8, 4) is 6.07 Å². The van der Waals surface area contributed by atoms with Crippen molar-refractivity contribution in [2.45, 2.75) is 39.2 Å². The predicted octanol–water partition coefficient (Wildman–Crippen LogP) is 4.65. The molecule has 166 valence electrons. The number of benzene rings is 2. The van der Waals surface area contributed by atoms with E-state index in [1.54, 1.807) is 0 Å². The lowest BCUT2D eigenvalue weighted by atomic mass is 9.74. The number of methoxy groups -OCH3 is 1. The molecule has 1 aliphatic rings. The van der Waals surface area contributed by atoms with Gasteiger partial charge in [0.25, 0.3) is 0 Å². The van der Waals surface area contributed by atoms with Crippen LogP contribution in [0, 0.1) is 23.7 Å². The molecule has 5 heteroatoms. The topological polar surface area (TPSA) is 64.9 Å². The van der Waals surface area contributed by atoms with Gasteiger partial charge < -0.3 is 9.72 Å². The zero-order chi connectivity index (χ0) is 22.4. The number of aryl methyl sites for hydroxylation is 1. The Morgan fingerprint density at radius 2 is 1.91 bits per heavy atom. The van der Waals surface area contributed by atoms with Crippen LogP contribution in [0.2, 0.25) is 0 Å². The van der Waals surface area contributed by atoms with Gasteiger partial charge in [0.05, 0.1) is 18.2 Å². The largest absolute Gasteiger partial charge is 0.384 e. The summed E-state index contributed by atoms with van der Waals surface area (Å²) in [6, 6.07) is 18.7. The number of hydrogen-bond acceptors (Lipinski definition) is 4. The maximum absolute atomic E-state index is 8.94. The second-order valence-corrected chi connectivity index (χ2v) is 9.22. The molecule has 3 aromatic rings. The number of nitrogens with zero attached hydrogens (tertiary/aromatic N) is 3. The normalized spacial score (nSPS) is 16.0. The molecule has 0 spiro atoms. The fraction of sp³-hybridized carbons (Fsp3) is 0.407. The first-order valence-electron chi connectivity index (χ1n) is 11.4. The summed E-state index contributed by atoms with van der Waals surface area (Å²) in [5.41, 5.74) is 5.95. The Bertz CT molecular complexity index is 1060. The number of nitrogens with one attached hydrogen (secondary N) is 1. The molecule has 0 atom stereocenters. The summed E-state index contributed by atoms with van der Waals surface area (Å²) >= 11 is 0. The number of rotatable bonds is 8. The van der Waals surface area contributed by atoms with Gasteiger partial charge in [0.1, 0.15) is 5.82 Å². The number of piperidine rings is 1. The van der Waals surface area contributed by atoms with Crippen molar-refractivity contribution in [2.24, 2.45) is 5.41 Å². The average molecular weight is 429 g/mol. The van der Waals surface area contributed by atoms with Crippen LogP contribution >= 0.6 is 0 Å². The summed E-state index contributed by atoms with van der Waals surface area (Å²) in [4.78, 5) is 10.6. The van der Waals surface area contributed by atoms with Crippen LogP contribution in [-0.2, 0) is 24.1 Å². The van der Waals surface area contributed by atoms with Gasteiger partial charge in [-0.2, -0.15) is 5.26 Å². The molecule has 2 heterocycles. The number of aromatic amines is 1. The Morgan fingerprint density at radius 3 is 2.59 bits per heavy atom. The Balaban J connectivity index is 1.33. The van der Waals surface area contributed by atoms with E-state index in [4.69, 9.17) is 10.00 Å². The molecule has 5 nitrogen and oxygen atoms in total. The van der Waals surface area contributed by atoms with Crippen LogP contribution in [0.15, 0.2) is 54.7 Å². The van der Waals surface area contributed by atoms with E-state index in [0.29, 0.717) is 5.56 Å². The van der Waals surface area contributed by atoms with E-state index in [9.17, 15) is 0 Å². The van der Waals surface area contributed by atoms with Crippen molar-refractivity contribution in [1.82, 2.24) is 14.9 Å². The summed E-state index contributed by atoms with van der Waals surface area (Å²) in [5, 5.41) is 8.94. The molecule has 1 aromatic heterocycles. The zero-order valence-corrected chi connectivity index (χ0v) is 19.1. The quantitative estimate of drug-likeness (QED) is 0.567. The van der Waals surface area contributed by atoms with Gasteiger partial charge >= 0.3 is 0 Å². The smallest absolute Gasteiger partial charge is 0.110 e. The minimum atomic E-state index is 0.216. The molecule has 0 aliphatic carbocycles. The molecule has 1 fully saturated rings. The molecule has 1 N–H and O–H groups in total. The van der Waals surface area contributed by atoms with E-state index in [1.165, 1.54) is 11.1 Å². The lowest BCUT2D eigenvalue weighted by molar-refractivity contribution is 0.0191. The van der Waals surface area contributed by atoms with Gasteiger partial charge in [0.15, 0.2) is 0 Å². The Labute approximate surface area is 191 Å². The molecule has 1 aliphatic heterocycles. The Morgan fingerprint density at radius 1 is 1.12 bits per heavy atom. The van der Waals surface area contributed by atoms with Crippen LogP contribution in [0.25, 0.3) is 0 Å². The van der Waals surface area contributed by atoms with Crippen LogP contribution in [0.4, 0.5) is 0 Å². The molecule has 32 heavy (non-hydrogen) atoms. The van der Waals surface area contributed by atoms with E-state index < -0.39 is 0 Å². The van der Waals surface area contributed by atoms with E-state index in [1.807, 2.05) is 37.6 Å². The Kier molecular flexibility index (Phi) is 7.04. The number of H-pyrrole nitrogens is 1. The van der Waals surface area contributed by atoms with Gasteiger partial charge in [-0.25, -0.2) is 4.98 Å². The lowest BCUT2D eigenvalue weighted by Gasteiger charge is -2.41. The van der Waals surface area contributed by atoms with Crippen molar-refractivity contribution in [3.05, 3.63) is 88.5 Å². The van der Waals surface area contributed by atoms with Gasteiger partial charge in [-0.3, -0.25) is 4.90 Å². The average Bonchev–Trinajstić information content (AvgIpc) is 3.23. The highest BCUT2D eigenvalue weighted by Gasteiger charge is 2.35. The molecule has 0 radical (unpaired) electrons. The van der Waals surface area contributed by atoms with Crippen molar-refractivity contribution in [1.29, 1.82) is 5.26 Å². The van der Waals surface area contributed by atoms with Crippen LogP contribution in [0.3, 0.4) is 0 Å². The highest BCUT2D eigenvalue weighted by atomic mass is 16.5. The molecule has 0 saturated carbocycles. The maximum Gasteiger partial charge on any atom is 0.110 e. The second kappa shape index (κ2) is 10.1. The molecular weight excluding hydrogens is 396 g/mol. The van der Waals surface area contributed by atoms with Crippen molar-refractivity contribution >= 4 is 0 Å². The first-order valence-corrected chi connectivity index (χ1v) is 11.4. The summed E-state index contributed by atoms with van der Waals surface area (Å²) in [6.07, 6.45) is 6.07. The van der Waals surface area contributed by atoms with Crippen LogP contribution in [0.5, 0.6) is 0 Å². The van der Waals surface area contributed by atoms with E-state index in [-0.39, 0.29) is 5.41 Å². The van der Waals surface area contributed by atoms with Crippen LogP contribution in [0.1, 0.15) is 46.6 Å². The predicted molar refractivity (Wildman–Crippen MR) is 126 cm³/mol. The third-order valence-electron chi connectivity index (χ3n) is 6.56. The standard InChI is InChI=1S/C27H32N4O/c1-21-4-3-5-24(14-21)16-27(20-32-2)10-12-31(13-11-27)19-25-18-29-26(30-25)15-22-6-8-23(17-28)9-7-22/h3-9,14,18H,10-13,15-16,19-20H2,1-2H3,(H,29,30). The van der Waals surface area contributed by atoms with E-state index >= 15 is 0 Å². The van der Waals surface area contributed by atoms with Gasteiger partial charge in [-0.15, -0.1) is 0 Å². The minimum Gasteiger partial charge on any atom is -0.384 e. The number of imidazole rings is 1. The van der Waals surface area contributed by atoms with Gasteiger partial charge in [0, 0.05) is 37.4 Å². The molecule has 1 saturated heterocycles. The van der Waals surface area contributed by atoms with E-state index in [2.05, 4.69) is 52.1 Å². The number of likely N-dealkylation sites (tertiary alicyclic amines) is 1. The highest BCUT2D eigenvalue weighted by Crippen LogP contribution is 2.36. The zero-order valence-electron chi connectivity index (χ0n) is 19.1. The molecule has 0 amide bonds. The number of hydrogen-bond donors (Lipinski definition) is 1. The van der Waals surface area contributed by atoms with Gasteiger partial charge in [-0.05, 0) is 62.5 Å². The minimum absolute atomic E-state index is 0.216. The maximum atomic E-state index is 8.94. The third-order valence-corrected chi connectivity index (χ3v) is 6.56. The van der Waals surface area contributed by atoms with Gasteiger partial charge in [-0.1, -0.05) is 42.0 Å². The molecule has 4 rings (SSSR count). The van der Waals surface area contributed by atoms with Crippen molar-refractivity contribution in [2.75, 3.05) is 26.8 Å². The van der Waals surface area contributed by atoms with Crippen molar-refractivity contribution in [3.63, 3.8) is 0 Å². The molecular formula is C27H32N4O. The summed E-state index contributed by atoms with van der Waals surface area (Å²) in [5.74, 6) is 0.967. The first-order chi connectivity index (χ1) is 15.6. The second-order valence-electron chi connectivity index (χ2n) is 9.22. The number of ether oxygens (including phenoxy) is 1. The molecule has 0 bridgehead atoms. The van der Waals surface area contributed by atoms with Crippen molar-refractivity contribution < 1.29 is 4.74 Å². The van der Waals surface area contributed by atoms with Crippen LogP contribution < -0.4 is 0 Å². The monoisotopic (exact) mass is 428 g/mol. The SMILES string of the molecule is COCC1(Cc2cccc(C)c2)CCN(Cc2cnc(Cc3ccc(C#N)cc3)[nH]2)CC1. The highest BCUT2D eigenvalue weighted by molar-refractivity contribution is 5.32. The molecule has 2 aromatic carbocycles. The molecule has 0 unspecified atom stereocenters. The first kappa shape index (κ1) is 22.3.